The highest BCUT2D eigenvalue weighted by Crippen LogP contribution is 2.59. The van der Waals surface area contributed by atoms with Gasteiger partial charge in [-0.1, -0.05) is 67.9 Å². The van der Waals surface area contributed by atoms with Gasteiger partial charge in [-0.05, 0) is 68.4 Å². The molecule has 1 N–H and O–H groups in total. The monoisotopic (exact) mass is 719 g/mol. The van der Waals surface area contributed by atoms with Crippen molar-refractivity contribution in [1.82, 2.24) is 9.80 Å². The quantitative estimate of drug-likeness (QED) is 0.174. The molecule has 0 saturated carbocycles. The molecule has 3 aliphatic heterocycles. The largest absolute Gasteiger partial charge is 0.455 e. The van der Waals surface area contributed by atoms with Gasteiger partial charge in [0.1, 0.15) is 17.7 Å². The predicted octanol–water partition coefficient (Wildman–Crippen LogP) is 5.74. The molecule has 3 amide bonds. The fourth-order valence-electron chi connectivity index (χ4n) is 8.20. The van der Waals surface area contributed by atoms with E-state index >= 15 is 0 Å². The Balaban J connectivity index is 1.53. The number of esters is 1. The first-order chi connectivity index (χ1) is 24.4. The number of fused-ring (bicyclic) bond motifs is 1. The van der Waals surface area contributed by atoms with Gasteiger partial charge in [0.05, 0.1) is 36.6 Å². The second kappa shape index (κ2) is 16.1. The number of hydrogen-bond donors (Lipinski definition) is 1. The molecule has 0 unspecified atom stereocenters. The van der Waals surface area contributed by atoms with E-state index in [0.29, 0.717) is 42.0 Å². The Bertz CT molecular complexity index is 1600. The molecule has 3 saturated heterocycles. The number of ether oxygens (including phenoxy) is 2. The van der Waals surface area contributed by atoms with Crippen LogP contribution < -0.4 is 4.90 Å². The first-order valence-electron chi connectivity index (χ1n) is 17.8. The average molecular weight is 720 g/mol. The summed E-state index contributed by atoms with van der Waals surface area (Å²) in [4.78, 5) is 61.8. The van der Waals surface area contributed by atoms with Crippen molar-refractivity contribution in [2.75, 3.05) is 25.1 Å². The van der Waals surface area contributed by atoms with Crippen molar-refractivity contribution in [3.8, 4) is 0 Å². The van der Waals surface area contributed by atoms with Crippen molar-refractivity contribution in [3.05, 3.63) is 90.5 Å². The number of likely N-dealkylation sites (N-methyl/N-ethyl adjacent to an activating group) is 1. The minimum absolute atomic E-state index is 0.0986. The van der Waals surface area contributed by atoms with Crippen LogP contribution in [0.15, 0.2) is 79.9 Å². The van der Waals surface area contributed by atoms with E-state index in [9.17, 15) is 24.3 Å². The lowest BCUT2D eigenvalue weighted by Gasteiger charge is -2.39. The number of likely N-dealkylation sites (tertiary alicyclic amines) is 1. The maximum atomic E-state index is 14.9. The van der Waals surface area contributed by atoms with E-state index in [-0.39, 0.29) is 37.3 Å². The van der Waals surface area contributed by atoms with Crippen LogP contribution in [0.5, 0.6) is 0 Å². The molecule has 3 fully saturated rings. The third kappa shape index (κ3) is 7.36. The van der Waals surface area contributed by atoms with Crippen LogP contribution >= 0.6 is 11.6 Å². The zero-order valence-corrected chi connectivity index (χ0v) is 30.7. The first-order valence-corrected chi connectivity index (χ1v) is 18.2. The molecule has 5 rings (SSSR count). The minimum Gasteiger partial charge on any atom is -0.455 e. The van der Waals surface area contributed by atoms with Crippen molar-refractivity contribution >= 4 is 41.0 Å². The molecule has 0 radical (unpaired) electrons. The molecule has 11 heteroatoms. The van der Waals surface area contributed by atoms with Crippen molar-refractivity contribution in [2.45, 2.75) is 88.8 Å². The minimum atomic E-state index is -1.32. The van der Waals surface area contributed by atoms with Gasteiger partial charge in [-0.15, -0.1) is 13.2 Å². The molecule has 51 heavy (non-hydrogen) atoms. The van der Waals surface area contributed by atoms with Gasteiger partial charge >= 0.3 is 5.97 Å². The standard InChI is InChI=1S/C40H50ClN3O7/c1-7-9-15-32(46)42(6)26(5)35(27-13-11-10-12-14-27)50-39(49)33-31-20-21-40(51-31)34(33)37(47)44(30(24-45)23-25(3)4)36(40)38(48)43(22-8-2)29-18-16-28(41)17-19-29/h7-8,10-14,16-19,25-26,30-31,33-36,45H,1-2,9,15,20-24H2,3-6H3/t26-,30+,31+,33-,34-,35+,36+,40-/m0/s1. The summed E-state index contributed by atoms with van der Waals surface area (Å²) in [5.41, 5.74) is -0.0477. The lowest BCUT2D eigenvalue weighted by molar-refractivity contribution is -0.165. The number of carbonyl (C=O) groups excluding carboxylic acids is 4. The van der Waals surface area contributed by atoms with Crippen molar-refractivity contribution in [3.63, 3.8) is 0 Å². The number of nitrogens with zero attached hydrogens (tertiary/aromatic N) is 3. The van der Waals surface area contributed by atoms with Gasteiger partial charge in [0, 0.05) is 30.7 Å². The summed E-state index contributed by atoms with van der Waals surface area (Å²) in [6.45, 7) is 13.2. The zero-order chi connectivity index (χ0) is 37.0. The fraction of sp³-hybridized carbons (Fsp3) is 0.500. The molecule has 274 valence electrons. The summed E-state index contributed by atoms with van der Waals surface area (Å²) in [5.74, 6) is -3.43. The Morgan fingerprint density at radius 1 is 1.10 bits per heavy atom. The lowest BCUT2D eigenvalue weighted by Crippen LogP contribution is -2.59. The third-order valence-corrected chi connectivity index (χ3v) is 10.9. The molecule has 2 aromatic rings. The van der Waals surface area contributed by atoms with Crippen molar-refractivity contribution < 1.29 is 33.8 Å². The van der Waals surface area contributed by atoms with Crippen LogP contribution in [0.1, 0.15) is 64.5 Å². The Morgan fingerprint density at radius 2 is 1.78 bits per heavy atom. The summed E-state index contributed by atoms with van der Waals surface area (Å²) < 4.78 is 13.0. The van der Waals surface area contributed by atoms with Crippen LogP contribution in [0.4, 0.5) is 5.69 Å². The van der Waals surface area contributed by atoms with Crippen molar-refractivity contribution in [1.29, 1.82) is 0 Å². The maximum Gasteiger partial charge on any atom is 0.313 e. The van der Waals surface area contributed by atoms with Crippen LogP contribution in [0.25, 0.3) is 0 Å². The molecule has 8 atom stereocenters. The van der Waals surface area contributed by atoms with Crippen LogP contribution in [-0.2, 0) is 28.7 Å². The summed E-state index contributed by atoms with van der Waals surface area (Å²) in [6, 6.07) is 13.7. The fourth-order valence-corrected chi connectivity index (χ4v) is 8.32. The highest BCUT2D eigenvalue weighted by Gasteiger charge is 2.75. The molecule has 0 aromatic heterocycles. The Hall–Kier alpha value is -3.99. The number of carbonyl (C=O) groups is 4. The van der Waals surface area contributed by atoms with Crippen LogP contribution in [0.2, 0.25) is 5.02 Å². The number of aliphatic hydroxyl groups is 1. The van der Waals surface area contributed by atoms with Crippen LogP contribution in [0.3, 0.4) is 0 Å². The van der Waals surface area contributed by atoms with E-state index in [1.54, 1.807) is 53.3 Å². The molecular weight excluding hydrogens is 670 g/mol. The van der Waals surface area contributed by atoms with Gasteiger partial charge in [-0.2, -0.15) is 0 Å². The first kappa shape index (κ1) is 38.2. The smallest absolute Gasteiger partial charge is 0.313 e. The van der Waals surface area contributed by atoms with Gasteiger partial charge in [0.15, 0.2) is 0 Å². The topological polar surface area (TPSA) is 117 Å². The second-order valence-corrected chi connectivity index (χ2v) is 14.8. The summed E-state index contributed by atoms with van der Waals surface area (Å²) in [7, 11) is 1.68. The summed E-state index contributed by atoms with van der Waals surface area (Å²) >= 11 is 6.18. The predicted molar refractivity (Wildman–Crippen MR) is 196 cm³/mol. The molecule has 3 aliphatic rings. The Kier molecular flexibility index (Phi) is 12.1. The molecular formula is C40H50ClN3O7. The highest BCUT2D eigenvalue weighted by atomic mass is 35.5. The van der Waals surface area contributed by atoms with Crippen molar-refractivity contribution in [2.24, 2.45) is 17.8 Å². The van der Waals surface area contributed by atoms with Gasteiger partial charge in [-0.25, -0.2) is 0 Å². The van der Waals surface area contributed by atoms with Gasteiger partial charge in [-0.3, -0.25) is 19.2 Å². The van der Waals surface area contributed by atoms with Gasteiger partial charge in [0.25, 0.3) is 5.91 Å². The SMILES string of the molecule is C=CCCC(=O)N(C)[C@@H](C)[C@@H](OC(=O)[C@@H]1[C@H]2C(=O)N([C@@H](CO)CC(C)C)[C@H](C(=O)N(CC=C)c3ccc(Cl)cc3)[C@]23CC[C@H]1O3)c1ccccc1. The normalized spacial score (nSPS) is 25.2. The highest BCUT2D eigenvalue weighted by molar-refractivity contribution is 6.30. The second-order valence-electron chi connectivity index (χ2n) is 14.3. The Labute approximate surface area is 306 Å². The number of benzene rings is 2. The van der Waals surface area contributed by atoms with Crippen LogP contribution in [0, 0.1) is 17.8 Å². The van der Waals surface area contributed by atoms with E-state index < -0.39 is 59.6 Å². The number of amides is 3. The summed E-state index contributed by atoms with van der Waals surface area (Å²) in [5, 5.41) is 11.2. The molecule has 0 aliphatic carbocycles. The van der Waals surface area contributed by atoms with E-state index in [0.717, 1.165) is 0 Å². The number of anilines is 1. The number of aliphatic hydroxyl groups excluding tert-OH is 1. The molecule has 1 spiro atoms. The molecule has 10 nitrogen and oxygen atoms in total. The number of allylic oxidation sites excluding steroid dienone is 1. The molecule has 3 heterocycles. The third-order valence-electron chi connectivity index (χ3n) is 10.7. The lowest BCUT2D eigenvalue weighted by atomic mass is 9.70. The Morgan fingerprint density at radius 3 is 2.39 bits per heavy atom. The number of hydrogen-bond acceptors (Lipinski definition) is 7. The number of halogens is 1. The average Bonchev–Trinajstić information content (AvgIpc) is 3.78. The van der Waals surface area contributed by atoms with Gasteiger partial charge < -0.3 is 29.3 Å². The molecule has 2 aromatic carbocycles. The van der Waals surface area contributed by atoms with E-state index in [1.165, 1.54) is 4.90 Å². The van der Waals surface area contributed by atoms with E-state index in [1.807, 2.05) is 51.1 Å². The summed E-state index contributed by atoms with van der Waals surface area (Å²) in [6.07, 6.45) is 3.86. The van der Waals surface area contributed by atoms with E-state index in [4.69, 9.17) is 21.1 Å². The van der Waals surface area contributed by atoms with E-state index in [2.05, 4.69) is 13.2 Å². The number of rotatable bonds is 16. The van der Waals surface area contributed by atoms with Crippen LogP contribution in [-0.4, -0.2) is 88.6 Å². The maximum absolute atomic E-state index is 14.9. The zero-order valence-electron chi connectivity index (χ0n) is 29.9. The van der Waals surface area contributed by atoms with Gasteiger partial charge in [0.2, 0.25) is 11.8 Å². The molecule has 2 bridgehead atoms.